The highest BCUT2D eigenvalue weighted by molar-refractivity contribution is 7.15. The normalized spacial score (nSPS) is 12.6. The molecule has 1 aromatic rings. The fourth-order valence-corrected chi connectivity index (χ4v) is 1.51. The summed E-state index contributed by atoms with van der Waals surface area (Å²) < 4.78 is 4.73. The molecular formula is C6H6ClNO3S. The van der Waals surface area contributed by atoms with E-state index >= 15 is 0 Å². The number of nitrogens with zero attached hydrogens (tertiary/aromatic N) is 1. The summed E-state index contributed by atoms with van der Waals surface area (Å²) >= 11 is 6.59. The third kappa shape index (κ3) is 1.94. The van der Waals surface area contributed by atoms with Crippen molar-refractivity contribution >= 4 is 28.9 Å². The average molecular weight is 208 g/mol. The summed E-state index contributed by atoms with van der Waals surface area (Å²) in [4.78, 5) is 14.5. The molecule has 0 spiro atoms. The van der Waals surface area contributed by atoms with Crippen LogP contribution in [-0.4, -0.2) is 23.2 Å². The quantitative estimate of drug-likeness (QED) is 0.736. The zero-order valence-electron chi connectivity index (χ0n) is 6.15. The maximum Gasteiger partial charge on any atom is 0.341 e. The molecule has 12 heavy (non-hydrogen) atoms. The van der Waals surface area contributed by atoms with Crippen molar-refractivity contribution in [1.82, 2.24) is 4.98 Å². The van der Waals surface area contributed by atoms with E-state index in [1.54, 1.807) is 0 Å². The summed E-state index contributed by atoms with van der Waals surface area (Å²) in [6.45, 7) is 0. The summed E-state index contributed by atoms with van der Waals surface area (Å²) in [5.74, 6) is -0.735. The Morgan fingerprint density at radius 2 is 2.58 bits per heavy atom. The second-order valence-corrected chi connectivity index (χ2v) is 3.62. The van der Waals surface area contributed by atoms with Crippen LogP contribution in [0, 0.1) is 0 Å². The number of aromatic nitrogens is 1. The maximum absolute atomic E-state index is 10.8. The van der Waals surface area contributed by atoms with E-state index in [0.717, 1.165) is 11.3 Å². The van der Waals surface area contributed by atoms with Gasteiger partial charge in [-0.25, -0.2) is 9.78 Å². The molecule has 1 N–H and O–H groups in total. The van der Waals surface area contributed by atoms with Gasteiger partial charge in [0, 0.05) is 0 Å². The molecule has 1 unspecified atom stereocenters. The topological polar surface area (TPSA) is 59.4 Å². The van der Waals surface area contributed by atoms with Crippen molar-refractivity contribution in [3.8, 4) is 0 Å². The van der Waals surface area contributed by atoms with Gasteiger partial charge in [-0.15, -0.1) is 11.3 Å². The number of rotatable bonds is 2. The Balaban J connectivity index is 2.77. The van der Waals surface area contributed by atoms with E-state index in [4.69, 9.17) is 11.6 Å². The van der Waals surface area contributed by atoms with Gasteiger partial charge in [0.1, 0.15) is 9.34 Å². The monoisotopic (exact) mass is 207 g/mol. The van der Waals surface area contributed by atoms with Crippen LogP contribution >= 0.6 is 22.9 Å². The lowest BCUT2D eigenvalue weighted by atomic mass is 10.4. The molecule has 0 radical (unpaired) electrons. The first-order valence-electron chi connectivity index (χ1n) is 3.02. The number of hydrogen-bond donors (Lipinski definition) is 1. The SMILES string of the molecule is COC(=O)C(O)c1ncc(Cl)s1. The minimum atomic E-state index is -1.33. The second-order valence-electron chi connectivity index (χ2n) is 1.93. The largest absolute Gasteiger partial charge is 0.467 e. The number of hydrogen-bond acceptors (Lipinski definition) is 5. The minimum Gasteiger partial charge on any atom is -0.467 e. The summed E-state index contributed by atoms with van der Waals surface area (Å²) in [6.07, 6.45) is 0.0424. The molecule has 0 bridgehead atoms. The van der Waals surface area contributed by atoms with Crippen LogP contribution < -0.4 is 0 Å². The molecule has 1 aromatic heterocycles. The highest BCUT2D eigenvalue weighted by Crippen LogP contribution is 2.24. The van der Waals surface area contributed by atoms with Gasteiger partial charge < -0.3 is 9.84 Å². The molecule has 4 nitrogen and oxygen atoms in total. The number of aliphatic hydroxyl groups excluding tert-OH is 1. The molecule has 0 saturated carbocycles. The zero-order chi connectivity index (χ0) is 9.14. The lowest BCUT2D eigenvalue weighted by Gasteiger charge is -2.02. The van der Waals surface area contributed by atoms with Gasteiger partial charge in [0.2, 0.25) is 6.10 Å². The van der Waals surface area contributed by atoms with Gasteiger partial charge in [-0.1, -0.05) is 11.6 Å². The third-order valence-electron chi connectivity index (χ3n) is 1.15. The van der Waals surface area contributed by atoms with Crippen LogP contribution in [-0.2, 0) is 9.53 Å². The summed E-state index contributed by atoms with van der Waals surface area (Å²) in [5.41, 5.74) is 0. The predicted octanol–water partition coefficient (Wildman–Crippen LogP) is 1.00. The Morgan fingerprint density at radius 3 is 3.00 bits per heavy atom. The molecule has 0 aliphatic rings. The van der Waals surface area contributed by atoms with E-state index in [9.17, 15) is 9.90 Å². The first-order valence-corrected chi connectivity index (χ1v) is 4.21. The Morgan fingerprint density at radius 1 is 1.92 bits per heavy atom. The van der Waals surface area contributed by atoms with Crippen LogP contribution in [0.2, 0.25) is 4.34 Å². The van der Waals surface area contributed by atoms with Crippen LogP contribution in [0.25, 0.3) is 0 Å². The molecule has 0 aliphatic carbocycles. The number of carbonyl (C=O) groups excluding carboxylic acids is 1. The van der Waals surface area contributed by atoms with Crippen molar-refractivity contribution in [3.05, 3.63) is 15.5 Å². The van der Waals surface area contributed by atoms with E-state index in [2.05, 4.69) is 9.72 Å². The zero-order valence-corrected chi connectivity index (χ0v) is 7.72. The lowest BCUT2D eigenvalue weighted by Crippen LogP contribution is -2.12. The van der Waals surface area contributed by atoms with Crippen molar-refractivity contribution in [2.75, 3.05) is 7.11 Å². The lowest BCUT2D eigenvalue weighted by molar-refractivity contribution is -0.150. The molecule has 6 heteroatoms. The van der Waals surface area contributed by atoms with Crippen LogP contribution in [0.5, 0.6) is 0 Å². The molecule has 1 atom stereocenters. The van der Waals surface area contributed by atoms with E-state index in [0.29, 0.717) is 4.34 Å². The minimum absolute atomic E-state index is 0.242. The van der Waals surface area contributed by atoms with Crippen molar-refractivity contribution < 1.29 is 14.6 Å². The Kier molecular flexibility index (Phi) is 3.02. The van der Waals surface area contributed by atoms with Crippen LogP contribution in [0.3, 0.4) is 0 Å². The van der Waals surface area contributed by atoms with Gasteiger partial charge >= 0.3 is 5.97 Å². The number of methoxy groups -OCH3 is 1. The van der Waals surface area contributed by atoms with Gasteiger partial charge in [-0.3, -0.25) is 0 Å². The first kappa shape index (κ1) is 9.44. The summed E-state index contributed by atoms with van der Waals surface area (Å²) in [5, 5.41) is 9.46. The Bertz CT molecular complexity index is 288. The fraction of sp³-hybridized carbons (Fsp3) is 0.333. The molecule has 66 valence electrons. The van der Waals surface area contributed by atoms with Crippen LogP contribution in [0.4, 0.5) is 0 Å². The number of halogens is 1. The molecule has 0 aromatic carbocycles. The number of thiazole rings is 1. The average Bonchev–Trinajstić information content (AvgIpc) is 2.49. The standard InChI is InChI=1S/C6H6ClNO3S/c1-11-6(10)4(9)5-8-2-3(7)12-5/h2,4,9H,1H3. The summed E-state index contributed by atoms with van der Waals surface area (Å²) in [7, 11) is 1.20. The van der Waals surface area contributed by atoms with Gasteiger partial charge in [0.05, 0.1) is 13.3 Å². The first-order chi connectivity index (χ1) is 5.65. The van der Waals surface area contributed by atoms with Gasteiger partial charge in [0.15, 0.2) is 0 Å². The molecule has 1 heterocycles. The molecule has 0 fully saturated rings. The number of esters is 1. The van der Waals surface area contributed by atoms with Crippen molar-refractivity contribution in [3.63, 3.8) is 0 Å². The van der Waals surface area contributed by atoms with Crippen molar-refractivity contribution in [2.24, 2.45) is 0 Å². The highest BCUT2D eigenvalue weighted by atomic mass is 35.5. The molecule has 0 aliphatic heterocycles. The molecule has 0 saturated heterocycles. The molecular weight excluding hydrogens is 202 g/mol. The molecule has 1 rings (SSSR count). The van der Waals surface area contributed by atoms with Crippen LogP contribution in [0.1, 0.15) is 11.1 Å². The second kappa shape index (κ2) is 3.84. The third-order valence-corrected chi connectivity index (χ3v) is 2.32. The van der Waals surface area contributed by atoms with E-state index in [1.165, 1.54) is 13.3 Å². The highest BCUT2D eigenvalue weighted by Gasteiger charge is 2.20. The van der Waals surface area contributed by atoms with Crippen molar-refractivity contribution in [1.29, 1.82) is 0 Å². The smallest absolute Gasteiger partial charge is 0.341 e. The van der Waals surface area contributed by atoms with E-state index in [1.807, 2.05) is 0 Å². The summed E-state index contributed by atoms with van der Waals surface area (Å²) in [6, 6.07) is 0. The maximum atomic E-state index is 10.8. The fourth-order valence-electron chi connectivity index (χ4n) is 0.606. The van der Waals surface area contributed by atoms with Gasteiger partial charge in [0.25, 0.3) is 0 Å². The van der Waals surface area contributed by atoms with Gasteiger partial charge in [-0.05, 0) is 0 Å². The van der Waals surface area contributed by atoms with Crippen molar-refractivity contribution in [2.45, 2.75) is 6.10 Å². The Hall–Kier alpha value is -0.650. The van der Waals surface area contributed by atoms with Crippen LogP contribution in [0.15, 0.2) is 6.20 Å². The van der Waals surface area contributed by atoms with Gasteiger partial charge in [-0.2, -0.15) is 0 Å². The number of aliphatic hydroxyl groups is 1. The van der Waals surface area contributed by atoms with E-state index in [-0.39, 0.29) is 5.01 Å². The molecule has 0 amide bonds. The predicted molar refractivity (Wildman–Crippen MR) is 44.1 cm³/mol. The van der Waals surface area contributed by atoms with E-state index < -0.39 is 12.1 Å². The Labute approximate surface area is 77.8 Å². The number of carbonyl (C=O) groups is 1. The number of ether oxygens (including phenoxy) is 1.